The highest BCUT2D eigenvalue weighted by Gasteiger charge is 2.15. The van der Waals surface area contributed by atoms with E-state index in [0.717, 1.165) is 19.5 Å². The molecule has 5 nitrogen and oxygen atoms in total. The van der Waals surface area contributed by atoms with Crippen LogP contribution < -0.4 is 10.6 Å². The Morgan fingerprint density at radius 1 is 1.38 bits per heavy atom. The van der Waals surface area contributed by atoms with E-state index >= 15 is 0 Å². The normalized spacial score (nSPS) is 12.1. The van der Waals surface area contributed by atoms with Gasteiger partial charge in [-0.3, -0.25) is 4.79 Å². The molecule has 1 rings (SSSR count). The second-order valence-corrected chi connectivity index (χ2v) is 6.57. The van der Waals surface area contributed by atoms with Gasteiger partial charge in [0, 0.05) is 18.0 Å². The molecule has 0 aliphatic heterocycles. The van der Waals surface area contributed by atoms with Crippen LogP contribution in [0.1, 0.15) is 32.6 Å². The number of ether oxygens (including phenoxy) is 1. The molecule has 0 unspecified atom stereocenters. The van der Waals surface area contributed by atoms with Crippen LogP contribution in [0.3, 0.4) is 0 Å². The van der Waals surface area contributed by atoms with Crippen LogP contribution >= 0.6 is 11.3 Å². The van der Waals surface area contributed by atoms with E-state index < -0.39 is 5.60 Å². The van der Waals surface area contributed by atoms with Crippen molar-refractivity contribution in [2.75, 3.05) is 19.6 Å². The molecule has 0 fully saturated rings. The van der Waals surface area contributed by atoms with Crippen LogP contribution in [0.15, 0.2) is 22.5 Å². The number of nitrogens with one attached hydrogen (secondary N) is 2. The average molecular weight is 311 g/mol. The highest BCUT2D eigenvalue weighted by atomic mass is 32.1. The smallest absolute Gasteiger partial charge is 0.328 e. The summed E-state index contributed by atoms with van der Waals surface area (Å²) < 4.78 is 5.23. The van der Waals surface area contributed by atoms with Gasteiger partial charge in [-0.05, 0) is 45.6 Å². The molecule has 0 aromatic carbocycles. The molecule has 0 amide bonds. The number of hydrogen-bond donors (Lipinski definition) is 2. The summed E-state index contributed by atoms with van der Waals surface area (Å²) in [5.74, 6) is 0.317. The molecule has 118 valence electrons. The van der Waals surface area contributed by atoms with Crippen molar-refractivity contribution in [1.29, 1.82) is 0 Å². The standard InChI is InChI=1S/C15H25N3O2S/c1-5-16-14(17-9-8-12-7-6-10-21-12)18-11-13(19)20-15(2,3)4/h6-7,10H,5,8-9,11H2,1-4H3,(H2,16,17,18). The molecule has 0 saturated heterocycles. The van der Waals surface area contributed by atoms with Crippen molar-refractivity contribution in [2.24, 2.45) is 4.99 Å². The quantitative estimate of drug-likeness (QED) is 0.480. The van der Waals surface area contributed by atoms with Gasteiger partial charge in [0.15, 0.2) is 5.96 Å². The van der Waals surface area contributed by atoms with E-state index in [9.17, 15) is 4.79 Å². The lowest BCUT2D eigenvalue weighted by molar-refractivity contribution is -0.152. The van der Waals surface area contributed by atoms with Crippen LogP contribution in [0.25, 0.3) is 0 Å². The molecule has 6 heteroatoms. The Kier molecular flexibility index (Phi) is 7.22. The number of carbonyl (C=O) groups is 1. The molecule has 21 heavy (non-hydrogen) atoms. The molecule has 1 aromatic heterocycles. The van der Waals surface area contributed by atoms with Gasteiger partial charge in [0.2, 0.25) is 0 Å². The van der Waals surface area contributed by atoms with E-state index in [2.05, 4.69) is 27.1 Å². The van der Waals surface area contributed by atoms with Crippen molar-refractivity contribution in [2.45, 2.75) is 39.7 Å². The van der Waals surface area contributed by atoms with Crippen LogP contribution in [0, 0.1) is 0 Å². The van der Waals surface area contributed by atoms with Gasteiger partial charge in [-0.2, -0.15) is 0 Å². The fraction of sp³-hybridized carbons (Fsp3) is 0.600. The van der Waals surface area contributed by atoms with Gasteiger partial charge in [0.25, 0.3) is 0 Å². The van der Waals surface area contributed by atoms with Gasteiger partial charge in [-0.15, -0.1) is 11.3 Å². The zero-order valence-electron chi connectivity index (χ0n) is 13.2. The number of aliphatic imine (C=N–C) groups is 1. The van der Waals surface area contributed by atoms with Crippen molar-refractivity contribution >= 4 is 23.3 Å². The highest BCUT2D eigenvalue weighted by molar-refractivity contribution is 7.09. The third-order valence-corrected chi connectivity index (χ3v) is 3.31. The zero-order valence-corrected chi connectivity index (χ0v) is 14.0. The molecule has 0 aliphatic rings. The maximum absolute atomic E-state index is 11.6. The first-order valence-corrected chi connectivity index (χ1v) is 8.05. The minimum atomic E-state index is -0.475. The van der Waals surface area contributed by atoms with E-state index in [1.807, 2.05) is 33.8 Å². The lowest BCUT2D eigenvalue weighted by Crippen LogP contribution is -2.39. The summed E-state index contributed by atoms with van der Waals surface area (Å²) in [4.78, 5) is 17.2. The van der Waals surface area contributed by atoms with Crippen LogP contribution in [-0.2, 0) is 16.0 Å². The Balaban J connectivity index is 2.40. The molecule has 0 spiro atoms. The molecule has 0 bridgehead atoms. The topological polar surface area (TPSA) is 62.7 Å². The summed E-state index contributed by atoms with van der Waals surface area (Å²) in [5.41, 5.74) is -0.475. The fourth-order valence-electron chi connectivity index (χ4n) is 1.62. The molecular weight excluding hydrogens is 286 g/mol. The van der Waals surface area contributed by atoms with E-state index in [1.165, 1.54) is 4.88 Å². The van der Waals surface area contributed by atoms with Gasteiger partial charge < -0.3 is 15.4 Å². The second-order valence-electron chi connectivity index (χ2n) is 5.54. The lowest BCUT2D eigenvalue weighted by Gasteiger charge is -2.19. The first-order valence-electron chi connectivity index (χ1n) is 7.17. The maximum atomic E-state index is 11.6. The number of hydrogen-bond acceptors (Lipinski definition) is 4. The Morgan fingerprint density at radius 2 is 2.14 bits per heavy atom. The number of esters is 1. The summed E-state index contributed by atoms with van der Waals surface area (Å²) in [6.07, 6.45) is 0.939. The third-order valence-electron chi connectivity index (χ3n) is 2.37. The molecule has 0 radical (unpaired) electrons. The number of guanidine groups is 1. The number of carbonyl (C=O) groups excluding carboxylic acids is 1. The molecule has 1 heterocycles. The molecule has 0 aliphatic carbocycles. The van der Waals surface area contributed by atoms with E-state index in [1.54, 1.807) is 11.3 Å². The molecular formula is C15H25N3O2S. The van der Waals surface area contributed by atoms with Crippen LogP contribution in [0.4, 0.5) is 0 Å². The van der Waals surface area contributed by atoms with Gasteiger partial charge in [-0.25, -0.2) is 4.99 Å². The third kappa shape index (κ3) is 8.34. The number of nitrogens with zero attached hydrogens (tertiary/aromatic N) is 1. The monoisotopic (exact) mass is 311 g/mol. The van der Waals surface area contributed by atoms with Crippen molar-refractivity contribution in [3.8, 4) is 0 Å². The first-order chi connectivity index (χ1) is 9.90. The Labute approximate surface area is 130 Å². The van der Waals surface area contributed by atoms with Gasteiger partial charge in [0.1, 0.15) is 12.1 Å². The van der Waals surface area contributed by atoms with Crippen molar-refractivity contribution < 1.29 is 9.53 Å². The van der Waals surface area contributed by atoms with E-state index in [0.29, 0.717) is 5.96 Å². The van der Waals surface area contributed by atoms with E-state index in [4.69, 9.17) is 4.74 Å². The van der Waals surface area contributed by atoms with Crippen molar-refractivity contribution in [3.05, 3.63) is 22.4 Å². The molecule has 1 aromatic rings. The summed E-state index contributed by atoms with van der Waals surface area (Å²) in [6, 6.07) is 4.15. The van der Waals surface area contributed by atoms with Crippen LogP contribution in [0.5, 0.6) is 0 Å². The second kappa shape index (κ2) is 8.67. The summed E-state index contributed by atoms with van der Waals surface area (Å²) in [6.45, 7) is 9.08. The Hall–Kier alpha value is -1.56. The number of rotatable bonds is 6. The molecule has 2 N–H and O–H groups in total. The van der Waals surface area contributed by atoms with Gasteiger partial charge in [-0.1, -0.05) is 6.07 Å². The minimum Gasteiger partial charge on any atom is -0.459 e. The summed E-state index contributed by atoms with van der Waals surface area (Å²) in [7, 11) is 0. The van der Waals surface area contributed by atoms with Crippen LogP contribution in [0.2, 0.25) is 0 Å². The minimum absolute atomic E-state index is 0.0194. The Morgan fingerprint density at radius 3 is 2.71 bits per heavy atom. The molecule has 0 atom stereocenters. The van der Waals surface area contributed by atoms with Crippen LogP contribution in [-0.4, -0.2) is 37.2 Å². The van der Waals surface area contributed by atoms with Gasteiger partial charge >= 0.3 is 5.97 Å². The highest BCUT2D eigenvalue weighted by Crippen LogP contribution is 2.08. The summed E-state index contributed by atoms with van der Waals surface area (Å²) in [5, 5.41) is 8.40. The summed E-state index contributed by atoms with van der Waals surface area (Å²) >= 11 is 1.74. The van der Waals surface area contributed by atoms with Gasteiger partial charge in [0.05, 0.1) is 0 Å². The van der Waals surface area contributed by atoms with Crippen molar-refractivity contribution in [1.82, 2.24) is 10.6 Å². The average Bonchev–Trinajstić information content (AvgIpc) is 2.87. The number of thiophene rings is 1. The first kappa shape index (κ1) is 17.5. The SMILES string of the molecule is CCNC(=NCC(=O)OC(C)(C)C)NCCc1cccs1. The largest absolute Gasteiger partial charge is 0.459 e. The Bertz CT molecular complexity index is 450. The van der Waals surface area contributed by atoms with E-state index in [-0.39, 0.29) is 12.5 Å². The predicted molar refractivity (Wildman–Crippen MR) is 87.8 cm³/mol. The zero-order chi connectivity index (χ0) is 15.7. The maximum Gasteiger partial charge on any atom is 0.328 e. The predicted octanol–water partition coefficient (Wildman–Crippen LogP) is 2.19. The lowest BCUT2D eigenvalue weighted by atomic mass is 10.2. The fourth-order valence-corrected chi connectivity index (χ4v) is 2.33. The molecule has 0 saturated carbocycles. The van der Waals surface area contributed by atoms with Crippen molar-refractivity contribution in [3.63, 3.8) is 0 Å².